The van der Waals surface area contributed by atoms with Gasteiger partial charge in [-0.05, 0) is 31.4 Å². The van der Waals surface area contributed by atoms with Crippen molar-refractivity contribution in [1.29, 1.82) is 0 Å². The number of rotatable bonds is 5. The van der Waals surface area contributed by atoms with E-state index in [2.05, 4.69) is 10.1 Å². The van der Waals surface area contributed by atoms with E-state index in [1.54, 1.807) is 24.1 Å². The van der Waals surface area contributed by atoms with Crippen LogP contribution in [0.3, 0.4) is 0 Å². The lowest BCUT2D eigenvalue weighted by Crippen LogP contribution is -2.39. The third kappa shape index (κ3) is 4.23. The molecular formula is C18H23N5O2. The molecule has 2 aromatic heterocycles. The van der Waals surface area contributed by atoms with Crippen LogP contribution in [-0.2, 0) is 18.3 Å². The molecule has 0 aliphatic carbocycles. The Morgan fingerprint density at radius 1 is 1.36 bits per heavy atom. The summed E-state index contributed by atoms with van der Waals surface area (Å²) in [5.74, 6) is -0.0938. The van der Waals surface area contributed by atoms with Gasteiger partial charge < -0.3 is 10.6 Å². The number of nitrogens with two attached hydrogens (primary N) is 1. The molecule has 0 radical (unpaired) electrons. The number of pyridine rings is 1. The zero-order chi connectivity index (χ0) is 17.8. The summed E-state index contributed by atoms with van der Waals surface area (Å²) >= 11 is 0. The van der Waals surface area contributed by atoms with Crippen LogP contribution in [0.1, 0.15) is 46.9 Å². The van der Waals surface area contributed by atoms with E-state index in [1.807, 2.05) is 23.1 Å². The molecule has 0 saturated carbocycles. The van der Waals surface area contributed by atoms with E-state index in [9.17, 15) is 9.59 Å². The highest BCUT2D eigenvalue weighted by atomic mass is 16.2. The quantitative estimate of drug-likeness (QED) is 0.885. The van der Waals surface area contributed by atoms with Crippen LogP contribution in [0.2, 0.25) is 0 Å². The molecule has 132 valence electrons. The fourth-order valence-corrected chi connectivity index (χ4v) is 3.23. The van der Waals surface area contributed by atoms with Gasteiger partial charge in [-0.2, -0.15) is 5.10 Å². The monoisotopic (exact) mass is 341 g/mol. The Labute approximate surface area is 146 Å². The SMILES string of the molecule is Cn1cc(C(=O)N2CCC[C@H](c3cccc(CCC(N)=O)n3)C2)cn1. The Bertz CT molecular complexity index is 770. The Morgan fingerprint density at radius 3 is 2.92 bits per heavy atom. The van der Waals surface area contributed by atoms with Crippen LogP contribution < -0.4 is 5.73 Å². The lowest BCUT2D eigenvalue weighted by molar-refractivity contribution is -0.118. The fraction of sp³-hybridized carbons (Fsp3) is 0.444. The van der Waals surface area contributed by atoms with Crippen molar-refractivity contribution in [2.24, 2.45) is 12.8 Å². The molecule has 0 aromatic carbocycles. The zero-order valence-corrected chi connectivity index (χ0v) is 14.4. The highest BCUT2D eigenvalue weighted by Gasteiger charge is 2.27. The number of aromatic nitrogens is 3. The van der Waals surface area contributed by atoms with E-state index in [-0.39, 0.29) is 17.7 Å². The fourth-order valence-electron chi connectivity index (χ4n) is 3.23. The molecule has 2 aromatic rings. The molecule has 25 heavy (non-hydrogen) atoms. The van der Waals surface area contributed by atoms with Crippen molar-refractivity contribution in [2.45, 2.75) is 31.6 Å². The summed E-state index contributed by atoms with van der Waals surface area (Å²) in [5.41, 5.74) is 7.67. The summed E-state index contributed by atoms with van der Waals surface area (Å²) in [7, 11) is 1.80. The molecule has 7 heteroatoms. The van der Waals surface area contributed by atoms with Crippen LogP contribution >= 0.6 is 0 Å². The number of amides is 2. The molecule has 0 spiro atoms. The van der Waals surface area contributed by atoms with Crippen molar-refractivity contribution in [2.75, 3.05) is 13.1 Å². The van der Waals surface area contributed by atoms with Crippen molar-refractivity contribution < 1.29 is 9.59 Å². The van der Waals surface area contributed by atoms with Gasteiger partial charge in [0.1, 0.15) is 0 Å². The number of hydrogen-bond donors (Lipinski definition) is 1. The molecule has 3 rings (SSSR count). The van der Waals surface area contributed by atoms with Crippen molar-refractivity contribution >= 4 is 11.8 Å². The first-order valence-electron chi connectivity index (χ1n) is 8.55. The third-order valence-electron chi connectivity index (χ3n) is 4.53. The van der Waals surface area contributed by atoms with Crippen LogP contribution in [-0.4, -0.2) is 44.6 Å². The summed E-state index contributed by atoms with van der Waals surface area (Å²) < 4.78 is 1.64. The molecular weight excluding hydrogens is 318 g/mol. The molecule has 2 N–H and O–H groups in total. The van der Waals surface area contributed by atoms with Crippen molar-refractivity contribution in [3.8, 4) is 0 Å². The molecule has 1 aliphatic rings. The van der Waals surface area contributed by atoms with Gasteiger partial charge in [-0.25, -0.2) is 0 Å². The van der Waals surface area contributed by atoms with Crippen LogP contribution in [0.5, 0.6) is 0 Å². The van der Waals surface area contributed by atoms with Crippen LogP contribution in [0.4, 0.5) is 0 Å². The minimum absolute atomic E-state index is 0.0164. The van der Waals surface area contributed by atoms with Gasteiger partial charge in [-0.15, -0.1) is 0 Å². The molecule has 3 heterocycles. The average Bonchev–Trinajstić information content (AvgIpc) is 3.06. The molecule has 1 aliphatic heterocycles. The van der Waals surface area contributed by atoms with Crippen molar-refractivity contribution in [3.05, 3.63) is 47.5 Å². The molecule has 1 fully saturated rings. The number of nitrogens with zero attached hydrogens (tertiary/aromatic N) is 4. The molecule has 7 nitrogen and oxygen atoms in total. The first-order chi connectivity index (χ1) is 12.0. The summed E-state index contributed by atoms with van der Waals surface area (Å²) in [5, 5.41) is 4.08. The maximum Gasteiger partial charge on any atom is 0.257 e. The summed E-state index contributed by atoms with van der Waals surface area (Å²) in [6.07, 6.45) is 6.15. The maximum absolute atomic E-state index is 12.6. The smallest absolute Gasteiger partial charge is 0.257 e. The summed E-state index contributed by atoms with van der Waals surface area (Å²) in [6.45, 7) is 1.41. The van der Waals surface area contributed by atoms with E-state index in [0.717, 1.165) is 30.8 Å². The van der Waals surface area contributed by atoms with Gasteiger partial charge in [-0.3, -0.25) is 19.3 Å². The number of hydrogen-bond acceptors (Lipinski definition) is 4. The average molecular weight is 341 g/mol. The van der Waals surface area contributed by atoms with E-state index in [4.69, 9.17) is 5.73 Å². The maximum atomic E-state index is 12.6. The lowest BCUT2D eigenvalue weighted by Gasteiger charge is -2.32. The van der Waals surface area contributed by atoms with Gasteiger partial charge in [0.15, 0.2) is 0 Å². The number of primary amides is 1. The van der Waals surface area contributed by atoms with Crippen LogP contribution in [0.15, 0.2) is 30.6 Å². The van der Waals surface area contributed by atoms with E-state index < -0.39 is 0 Å². The minimum Gasteiger partial charge on any atom is -0.370 e. The van der Waals surface area contributed by atoms with Crippen LogP contribution in [0, 0.1) is 0 Å². The Kier molecular flexibility index (Phi) is 5.11. The summed E-state index contributed by atoms with van der Waals surface area (Å²) in [4.78, 5) is 30.1. The number of carbonyl (C=O) groups excluding carboxylic acids is 2. The van der Waals surface area contributed by atoms with Gasteiger partial charge in [0.25, 0.3) is 5.91 Å². The van der Waals surface area contributed by atoms with E-state index >= 15 is 0 Å². The lowest BCUT2D eigenvalue weighted by atomic mass is 9.93. The van der Waals surface area contributed by atoms with E-state index in [0.29, 0.717) is 24.9 Å². The minimum atomic E-state index is -0.321. The van der Waals surface area contributed by atoms with Gasteiger partial charge in [0.05, 0.1) is 11.8 Å². The number of carbonyl (C=O) groups is 2. The normalized spacial score (nSPS) is 17.5. The zero-order valence-electron chi connectivity index (χ0n) is 14.4. The predicted octanol–water partition coefficient (Wildman–Crippen LogP) is 1.25. The first-order valence-corrected chi connectivity index (χ1v) is 8.55. The standard InChI is InChI=1S/C18H23N5O2/c1-22-11-14(10-20-22)18(25)23-9-3-4-13(12-23)16-6-2-5-15(21-16)7-8-17(19)24/h2,5-6,10-11,13H,3-4,7-9,12H2,1H3,(H2,19,24)/t13-/m0/s1. The predicted molar refractivity (Wildman–Crippen MR) is 92.8 cm³/mol. The Morgan fingerprint density at radius 2 is 2.20 bits per heavy atom. The highest BCUT2D eigenvalue weighted by Crippen LogP contribution is 2.26. The van der Waals surface area contributed by atoms with E-state index in [1.165, 1.54) is 0 Å². The Hall–Kier alpha value is -2.70. The third-order valence-corrected chi connectivity index (χ3v) is 4.53. The molecule has 1 saturated heterocycles. The number of aryl methyl sites for hydroxylation is 2. The molecule has 1 atom stereocenters. The number of likely N-dealkylation sites (tertiary alicyclic amines) is 1. The second-order valence-corrected chi connectivity index (χ2v) is 6.51. The molecule has 0 unspecified atom stereocenters. The Balaban J connectivity index is 1.69. The van der Waals surface area contributed by atoms with Crippen molar-refractivity contribution in [3.63, 3.8) is 0 Å². The topological polar surface area (TPSA) is 94.1 Å². The van der Waals surface area contributed by atoms with Crippen LogP contribution in [0.25, 0.3) is 0 Å². The second kappa shape index (κ2) is 7.46. The van der Waals surface area contributed by atoms with Gasteiger partial charge >= 0.3 is 0 Å². The second-order valence-electron chi connectivity index (χ2n) is 6.51. The largest absolute Gasteiger partial charge is 0.370 e. The van der Waals surface area contributed by atoms with Crippen molar-refractivity contribution in [1.82, 2.24) is 19.7 Å². The summed E-state index contributed by atoms with van der Waals surface area (Å²) in [6, 6.07) is 5.87. The van der Waals surface area contributed by atoms with Gasteiger partial charge in [0, 0.05) is 50.1 Å². The van der Waals surface area contributed by atoms with Gasteiger partial charge in [-0.1, -0.05) is 6.07 Å². The number of piperidine rings is 1. The molecule has 2 amide bonds. The van der Waals surface area contributed by atoms with Gasteiger partial charge in [0.2, 0.25) is 5.91 Å². The highest BCUT2D eigenvalue weighted by molar-refractivity contribution is 5.93. The molecule has 0 bridgehead atoms. The first kappa shape index (κ1) is 17.1.